The monoisotopic (exact) mass is 401 g/mol. The lowest BCUT2D eigenvalue weighted by Gasteiger charge is -2.47. The number of nitriles is 1. The van der Waals surface area contributed by atoms with Crippen LogP contribution in [0.1, 0.15) is 63.1 Å². The summed E-state index contributed by atoms with van der Waals surface area (Å²) in [5.74, 6) is 0.0362. The van der Waals surface area contributed by atoms with Gasteiger partial charge < -0.3 is 10.2 Å². The van der Waals surface area contributed by atoms with Gasteiger partial charge in [0.25, 0.3) is 5.91 Å². The maximum Gasteiger partial charge on any atom is 0.266 e. The van der Waals surface area contributed by atoms with Gasteiger partial charge in [-0.25, -0.2) is 0 Å². The fourth-order valence-corrected chi connectivity index (χ4v) is 4.46. The Hall–Kier alpha value is -3.06. The third-order valence-electron chi connectivity index (χ3n) is 5.93. The fourth-order valence-electron chi connectivity index (χ4n) is 4.46. The number of hydrogen-bond acceptors (Lipinski definition) is 3. The van der Waals surface area contributed by atoms with Gasteiger partial charge in [-0.1, -0.05) is 38.1 Å². The molecule has 0 fully saturated rings. The first-order valence-corrected chi connectivity index (χ1v) is 10.7. The minimum absolute atomic E-state index is 0.104. The topological polar surface area (TPSA) is 56.1 Å². The summed E-state index contributed by atoms with van der Waals surface area (Å²) < 4.78 is 0. The summed E-state index contributed by atoms with van der Waals surface area (Å²) in [4.78, 5) is 15.2. The van der Waals surface area contributed by atoms with Crippen LogP contribution in [-0.2, 0) is 4.79 Å². The van der Waals surface area contributed by atoms with E-state index in [4.69, 9.17) is 0 Å². The van der Waals surface area contributed by atoms with Gasteiger partial charge in [0.2, 0.25) is 0 Å². The molecule has 0 saturated heterocycles. The molecule has 30 heavy (non-hydrogen) atoms. The number of hydrogen-bond donors (Lipinski definition) is 1. The smallest absolute Gasteiger partial charge is 0.266 e. The molecule has 0 bridgehead atoms. The Bertz CT molecular complexity index is 1010. The van der Waals surface area contributed by atoms with Crippen LogP contribution >= 0.6 is 0 Å². The van der Waals surface area contributed by atoms with E-state index in [9.17, 15) is 10.1 Å². The second kappa shape index (κ2) is 8.75. The van der Waals surface area contributed by atoms with Crippen molar-refractivity contribution in [2.24, 2.45) is 0 Å². The van der Waals surface area contributed by atoms with Gasteiger partial charge in [-0.2, -0.15) is 5.26 Å². The molecule has 1 aliphatic heterocycles. The molecule has 2 aromatic rings. The Labute approximate surface area is 180 Å². The van der Waals surface area contributed by atoms with E-state index in [1.165, 1.54) is 11.3 Å². The Morgan fingerprint density at radius 1 is 1.30 bits per heavy atom. The summed E-state index contributed by atoms with van der Waals surface area (Å²) in [5.41, 5.74) is 5.34. The molecule has 0 saturated carbocycles. The van der Waals surface area contributed by atoms with Gasteiger partial charge in [-0.15, -0.1) is 0 Å². The average molecular weight is 402 g/mol. The van der Waals surface area contributed by atoms with Gasteiger partial charge in [0, 0.05) is 23.5 Å². The molecule has 0 aromatic heterocycles. The van der Waals surface area contributed by atoms with Crippen LogP contribution in [0, 0.1) is 18.3 Å². The molecule has 156 valence electrons. The maximum atomic E-state index is 12.7. The minimum atomic E-state index is -0.383. The number of nitrogens with zero attached hydrogens (tertiary/aromatic N) is 2. The van der Waals surface area contributed by atoms with Crippen LogP contribution in [0.25, 0.3) is 6.08 Å². The van der Waals surface area contributed by atoms with E-state index in [0.717, 1.165) is 36.2 Å². The van der Waals surface area contributed by atoms with E-state index in [2.05, 4.69) is 56.1 Å². The quantitative estimate of drug-likeness (QED) is 0.491. The number of rotatable bonds is 5. The van der Waals surface area contributed by atoms with Crippen molar-refractivity contribution in [3.05, 3.63) is 64.7 Å². The van der Waals surface area contributed by atoms with Crippen LogP contribution in [0.15, 0.2) is 48.0 Å². The molecule has 1 heterocycles. The molecular weight excluding hydrogens is 370 g/mol. The third kappa shape index (κ3) is 4.41. The fraction of sp³-hybridized carbons (Fsp3) is 0.385. The molecule has 4 heteroatoms. The molecule has 0 aliphatic carbocycles. The zero-order chi connectivity index (χ0) is 21.9. The molecule has 0 radical (unpaired) electrons. The Morgan fingerprint density at radius 3 is 2.70 bits per heavy atom. The summed E-state index contributed by atoms with van der Waals surface area (Å²) in [6.07, 6.45) is 3.85. The first-order valence-electron chi connectivity index (χ1n) is 10.7. The largest absolute Gasteiger partial charge is 0.366 e. The van der Waals surface area contributed by atoms with Gasteiger partial charge in [0.15, 0.2) is 0 Å². The van der Waals surface area contributed by atoms with Crippen molar-refractivity contribution in [2.75, 3.05) is 16.8 Å². The minimum Gasteiger partial charge on any atom is -0.366 e. The van der Waals surface area contributed by atoms with Gasteiger partial charge in [0.1, 0.15) is 11.6 Å². The number of para-hydroxylation sites is 1. The lowest BCUT2D eigenvalue weighted by Crippen LogP contribution is -2.48. The summed E-state index contributed by atoms with van der Waals surface area (Å²) in [5, 5.41) is 12.4. The van der Waals surface area contributed by atoms with Crippen molar-refractivity contribution in [1.82, 2.24) is 0 Å². The van der Waals surface area contributed by atoms with E-state index in [0.29, 0.717) is 5.92 Å². The second-order valence-electron chi connectivity index (χ2n) is 8.83. The van der Waals surface area contributed by atoms with E-state index >= 15 is 0 Å². The van der Waals surface area contributed by atoms with Crippen LogP contribution in [0.4, 0.5) is 11.4 Å². The standard InChI is InChI=1S/C26H31N3O/c1-6-13-29-24-12-11-20(15-22(24)19(3)16-26(29,4)5)14-21(17-27)25(30)28-23-10-8-7-9-18(23)2/h7-12,14-15,19H,6,13,16H2,1-5H3,(H,28,30)/b21-14+. The van der Waals surface area contributed by atoms with Gasteiger partial charge in [-0.05, 0) is 80.5 Å². The van der Waals surface area contributed by atoms with Crippen molar-refractivity contribution >= 4 is 23.4 Å². The predicted molar refractivity (Wildman–Crippen MR) is 125 cm³/mol. The number of amides is 1. The Morgan fingerprint density at radius 2 is 2.03 bits per heavy atom. The lowest BCUT2D eigenvalue weighted by molar-refractivity contribution is -0.112. The average Bonchev–Trinajstić information content (AvgIpc) is 2.70. The highest BCUT2D eigenvalue weighted by molar-refractivity contribution is 6.10. The molecule has 1 atom stereocenters. The van der Waals surface area contributed by atoms with E-state index in [1.54, 1.807) is 6.08 Å². The zero-order valence-corrected chi connectivity index (χ0v) is 18.6. The predicted octanol–water partition coefficient (Wildman–Crippen LogP) is 6.04. The van der Waals surface area contributed by atoms with Gasteiger partial charge >= 0.3 is 0 Å². The number of fused-ring (bicyclic) bond motifs is 1. The molecular formula is C26H31N3O. The molecule has 2 aromatic carbocycles. The number of aryl methyl sites for hydroxylation is 1. The van der Waals surface area contributed by atoms with Crippen molar-refractivity contribution < 1.29 is 4.79 Å². The highest BCUT2D eigenvalue weighted by Gasteiger charge is 2.35. The summed E-state index contributed by atoms with van der Waals surface area (Å²) in [6.45, 7) is 12.0. The maximum absolute atomic E-state index is 12.7. The molecule has 1 amide bonds. The van der Waals surface area contributed by atoms with Gasteiger partial charge in [-0.3, -0.25) is 4.79 Å². The number of benzene rings is 2. The number of nitrogens with one attached hydrogen (secondary N) is 1. The van der Waals surface area contributed by atoms with E-state index < -0.39 is 0 Å². The van der Waals surface area contributed by atoms with Crippen LogP contribution < -0.4 is 10.2 Å². The molecule has 3 rings (SSSR count). The molecule has 1 N–H and O–H groups in total. The van der Waals surface area contributed by atoms with E-state index in [-0.39, 0.29) is 17.0 Å². The van der Waals surface area contributed by atoms with Crippen LogP contribution in [-0.4, -0.2) is 18.0 Å². The molecule has 1 aliphatic rings. The zero-order valence-electron chi connectivity index (χ0n) is 18.6. The van der Waals surface area contributed by atoms with Crippen molar-refractivity contribution in [1.29, 1.82) is 5.26 Å². The number of carbonyl (C=O) groups is 1. The number of carbonyl (C=O) groups excluding carboxylic acids is 1. The third-order valence-corrected chi connectivity index (χ3v) is 5.93. The van der Waals surface area contributed by atoms with Crippen molar-refractivity contribution in [3.63, 3.8) is 0 Å². The lowest BCUT2D eigenvalue weighted by atomic mass is 9.79. The van der Waals surface area contributed by atoms with Crippen LogP contribution in [0.2, 0.25) is 0 Å². The SMILES string of the molecule is CCCN1c2ccc(/C=C(\C#N)C(=O)Nc3ccccc3C)cc2C(C)CC1(C)C. The number of anilines is 2. The normalized spacial score (nSPS) is 17.8. The van der Waals surface area contributed by atoms with Crippen LogP contribution in [0.5, 0.6) is 0 Å². The first-order chi connectivity index (χ1) is 14.3. The summed E-state index contributed by atoms with van der Waals surface area (Å²) in [7, 11) is 0. The Balaban J connectivity index is 1.91. The summed E-state index contributed by atoms with van der Waals surface area (Å²) in [6, 6.07) is 15.9. The van der Waals surface area contributed by atoms with E-state index in [1.807, 2.05) is 37.3 Å². The second-order valence-corrected chi connectivity index (χ2v) is 8.83. The van der Waals surface area contributed by atoms with Crippen molar-refractivity contribution in [2.45, 2.75) is 58.9 Å². The summed E-state index contributed by atoms with van der Waals surface area (Å²) >= 11 is 0. The van der Waals surface area contributed by atoms with Gasteiger partial charge in [0.05, 0.1) is 0 Å². The highest BCUT2D eigenvalue weighted by atomic mass is 16.1. The molecule has 1 unspecified atom stereocenters. The van der Waals surface area contributed by atoms with Crippen molar-refractivity contribution in [3.8, 4) is 6.07 Å². The highest BCUT2D eigenvalue weighted by Crippen LogP contribution is 2.43. The first kappa shape index (κ1) is 21.6. The molecule has 4 nitrogen and oxygen atoms in total. The molecule has 0 spiro atoms. The Kier molecular flexibility index (Phi) is 6.31. The van der Waals surface area contributed by atoms with Crippen LogP contribution in [0.3, 0.4) is 0 Å².